The molecule has 0 amide bonds. The minimum Gasteiger partial charge on any atom is -0.462 e. The smallest absolute Gasteiger partial charge is 0.316 e. The van der Waals surface area contributed by atoms with Crippen molar-refractivity contribution in [1.29, 1.82) is 0 Å². The first-order chi connectivity index (χ1) is 37.6. The maximum absolute atomic E-state index is 13.9. The quantitative estimate of drug-likeness (QED) is 0.0833. The predicted molar refractivity (Wildman–Crippen MR) is 297 cm³/mol. The largest absolute Gasteiger partial charge is 0.462 e. The Bertz CT molecular complexity index is 2610. The third-order valence-electron chi connectivity index (χ3n) is 18.7. The molecule has 6 saturated heterocycles. The summed E-state index contributed by atoms with van der Waals surface area (Å²) in [6.45, 7) is 21.0. The molecule has 10 aliphatic rings. The highest BCUT2D eigenvalue weighted by molar-refractivity contribution is 6.07. The lowest BCUT2D eigenvalue weighted by Crippen LogP contribution is -2.57. The highest BCUT2D eigenvalue weighted by Crippen LogP contribution is 2.49. The second-order valence-corrected chi connectivity index (χ2v) is 25.0. The van der Waals surface area contributed by atoms with Crippen molar-refractivity contribution in [3.63, 3.8) is 0 Å². The van der Waals surface area contributed by atoms with Gasteiger partial charge in [0.05, 0.1) is 37.6 Å². The van der Waals surface area contributed by atoms with Crippen LogP contribution in [0.2, 0.25) is 0 Å². The Hall–Kier alpha value is -4.52. The first-order valence-corrected chi connectivity index (χ1v) is 29.3. The van der Waals surface area contributed by atoms with Crippen molar-refractivity contribution in [2.24, 2.45) is 45.8 Å². The summed E-state index contributed by atoms with van der Waals surface area (Å²) < 4.78 is 50.8. The molecule has 10 rings (SSSR count). The van der Waals surface area contributed by atoms with E-state index in [9.17, 15) is 30.2 Å². The average molecular weight is 1100 g/mol. The van der Waals surface area contributed by atoms with Gasteiger partial charge in [0.25, 0.3) is 0 Å². The summed E-state index contributed by atoms with van der Waals surface area (Å²) in [7, 11) is 0. The summed E-state index contributed by atoms with van der Waals surface area (Å²) >= 11 is 0. The average Bonchev–Trinajstić information content (AvgIpc) is 4.00. The predicted octanol–water partition coefficient (Wildman–Crippen LogP) is 10.4. The fourth-order valence-corrected chi connectivity index (χ4v) is 14.1. The third kappa shape index (κ3) is 12.2. The lowest BCUT2D eigenvalue weighted by atomic mass is 9.71. The van der Waals surface area contributed by atoms with E-state index >= 15 is 0 Å². The van der Waals surface area contributed by atoms with E-state index in [4.69, 9.17) is 37.9 Å². The van der Waals surface area contributed by atoms with Crippen LogP contribution in [0.5, 0.6) is 0 Å². The molecular weight excluding hydrogens is 1010 g/mol. The second-order valence-electron chi connectivity index (χ2n) is 25.0. The fraction of sp³-hybridized carbons (Fsp3) is 0.683. The second kappa shape index (κ2) is 24.1. The molecule has 16 nitrogen and oxygen atoms in total. The molecule has 79 heavy (non-hydrogen) atoms. The normalized spacial score (nSPS) is 43.9. The monoisotopic (exact) mass is 1100 g/mol. The van der Waals surface area contributed by atoms with Crippen LogP contribution in [0, 0.1) is 35.5 Å². The summed E-state index contributed by atoms with van der Waals surface area (Å²) in [6.07, 6.45) is 26.1. The Balaban J connectivity index is 0.000000192. The summed E-state index contributed by atoms with van der Waals surface area (Å²) in [5, 5.41) is 50.5. The maximum Gasteiger partial charge on any atom is 0.316 e. The van der Waals surface area contributed by atoms with Gasteiger partial charge in [-0.2, -0.15) is 0 Å². The zero-order chi connectivity index (χ0) is 56.6. The Morgan fingerprint density at radius 3 is 1.48 bits per heavy atom. The van der Waals surface area contributed by atoms with Crippen molar-refractivity contribution in [3.05, 3.63) is 94.2 Å². The van der Waals surface area contributed by atoms with Crippen molar-refractivity contribution in [2.75, 3.05) is 13.2 Å². The summed E-state index contributed by atoms with van der Waals surface area (Å²) in [5.74, 6) is -3.22. The van der Waals surface area contributed by atoms with Gasteiger partial charge in [-0.1, -0.05) is 117 Å². The van der Waals surface area contributed by atoms with E-state index in [0.717, 1.165) is 51.4 Å². The Kier molecular flexibility index (Phi) is 18.1. The van der Waals surface area contributed by atoms with Gasteiger partial charge in [0.1, 0.15) is 58.9 Å². The molecule has 2 aliphatic carbocycles. The number of ether oxygens (including phenoxy) is 8. The first-order valence-electron chi connectivity index (χ1n) is 29.3. The van der Waals surface area contributed by atoms with Crippen molar-refractivity contribution in [3.8, 4) is 0 Å². The van der Waals surface area contributed by atoms with Crippen LogP contribution in [0.3, 0.4) is 0 Å². The van der Waals surface area contributed by atoms with Crippen LogP contribution in [0.4, 0.5) is 0 Å². The molecule has 0 unspecified atom stereocenters. The van der Waals surface area contributed by atoms with Gasteiger partial charge in [-0.15, -0.1) is 0 Å². The molecule has 16 heteroatoms. The minimum absolute atomic E-state index is 0.0431. The number of esters is 2. The topological polar surface area (TPSA) is 214 Å². The molecule has 0 aromatic rings. The van der Waals surface area contributed by atoms with Crippen molar-refractivity contribution >= 4 is 23.4 Å². The Morgan fingerprint density at radius 2 is 1.05 bits per heavy atom. The van der Waals surface area contributed by atoms with Gasteiger partial charge in [0.2, 0.25) is 0 Å². The van der Waals surface area contributed by atoms with Crippen LogP contribution >= 0.6 is 0 Å². The summed E-state index contributed by atoms with van der Waals surface area (Å²) in [5.41, 5.74) is 1.84. The number of fused-ring (bicyclic) bond motifs is 4. The van der Waals surface area contributed by atoms with Crippen LogP contribution in [0.1, 0.15) is 153 Å². The van der Waals surface area contributed by atoms with E-state index in [2.05, 4.69) is 90.0 Å². The number of oxime groups is 2. The van der Waals surface area contributed by atoms with E-state index in [1.165, 1.54) is 11.1 Å². The van der Waals surface area contributed by atoms with E-state index in [1.54, 1.807) is 26.0 Å². The molecule has 0 saturated carbocycles. The van der Waals surface area contributed by atoms with Gasteiger partial charge >= 0.3 is 11.9 Å². The van der Waals surface area contributed by atoms with Gasteiger partial charge in [-0.05, 0) is 126 Å². The highest BCUT2D eigenvalue weighted by atomic mass is 16.7. The van der Waals surface area contributed by atoms with E-state index in [0.29, 0.717) is 66.2 Å². The fourth-order valence-electron chi connectivity index (χ4n) is 14.1. The number of allylic oxidation sites excluding steroid dienone is 8. The molecule has 4 N–H and O–H groups in total. The van der Waals surface area contributed by atoms with Crippen LogP contribution in [-0.2, 0) is 47.5 Å². The van der Waals surface area contributed by atoms with Crippen LogP contribution in [0.25, 0.3) is 0 Å². The molecule has 434 valence electrons. The minimum atomic E-state index is -1.72. The number of hydrogen-bond donors (Lipinski definition) is 4. The number of hydrogen-bond acceptors (Lipinski definition) is 16. The molecule has 8 heterocycles. The van der Waals surface area contributed by atoms with Crippen LogP contribution in [-0.4, -0.2) is 129 Å². The maximum atomic E-state index is 13.9. The van der Waals surface area contributed by atoms with E-state index < -0.39 is 71.0 Å². The lowest BCUT2D eigenvalue weighted by Gasteiger charge is -2.49. The highest BCUT2D eigenvalue weighted by Gasteiger charge is 2.61. The van der Waals surface area contributed by atoms with Gasteiger partial charge in [-0.25, -0.2) is 0 Å². The Morgan fingerprint density at radius 1 is 0.608 bits per heavy atom. The molecular formula is C63H88N2O14. The third-order valence-corrected chi connectivity index (χ3v) is 18.7. The van der Waals surface area contributed by atoms with Crippen LogP contribution in [0.15, 0.2) is 105 Å². The van der Waals surface area contributed by atoms with Gasteiger partial charge < -0.3 is 58.5 Å². The molecule has 2 spiro atoms. The summed E-state index contributed by atoms with van der Waals surface area (Å²) in [6, 6.07) is 0. The van der Waals surface area contributed by atoms with Gasteiger partial charge in [0.15, 0.2) is 11.6 Å². The number of rotatable bonds is 1. The van der Waals surface area contributed by atoms with E-state index in [1.807, 2.05) is 24.3 Å². The molecule has 4 bridgehead atoms. The number of carbonyl (C=O) groups is 2. The SMILES string of the molecule is CC1=CC[C@@H]2C[C@@H](C[C@]3(CC[C@H](C)[C@@H](C)O3)O2)OC(=O)[C@@H]2C=C(C)/C(=N/O)[C@H]3OCC(=CC=C[C@H](C)C1)[C@]32O.CC[C@H]1O[C@]2(CC[C@@H]1C)C[C@@H]1C[C@@H](CC=C(C)C[C@@H](C)C=CC=C3CO[C@@H]4/C(=N\O)C(C)=C[C@@H](C(=O)O1)[C@]34O)O2. The number of aliphatic hydroxyl groups is 2. The zero-order valence-electron chi connectivity index (χ0n) is 48.2. The molecule has 8 aliphatic heterocycles. The van der Waals surface area contributed by atoms with Crippen LogP contribution < -0.4 is 0 Å². The van der Waals surface area contributed by atoms with Crippen molar-refractivity contribution in [2.45, 2.75) is 224 Å². The molecule has 0 aromatic heterocycles. The Labute approximate surface area is 467 Å². The number of nitrogens with zero attached hydrogens (tertiary/aromatic N) is 2. The molecule has 0 aromatic carbocycles. The number of carbonyl (C=O) groups excluding carboxylic acids is 2. The van der Waals surface area contributed by atoms with Crippen molar-refractivity contribution < 1.29 is 68.1 Å². The molecule has 0 radical (unpaired) electrons. The summed E-state index contributed by atoms with van der Waals surface area (Å²) in [4.78, 5) is 27.8. The van der Waals surface area contributed by atoms with E-state index in [-0.39, 0.29) is 60.9 Å². The molecule has 6 fully saturated rings. The van der Waals surface area contributed by atoms with Crippen molar-refractivity contribution in [1.82, 2.24) is 0 Å². The van der Waals surface area contributed by atoms with Gasteiger partial charge in [-0.3, -0.25) is 9.59 Å². The standard InChI is InChI=1S/C32H45NO7.C31H43NO7/c1-6-27-21(4)12-13-31(40-27)17-25-16-24(39-31)11-10-20(3)14-19(2)8-7-9-23-18-37-29-28(33-36)22(5)15-26(30(34)38-25)32(23,29)35;1-18-7-6-8-23-17-36-28-27(32-35)21(4)14-26(31(23,28)34)29(33)37-25-15-24(10-9-19(2)13-18)39-30(16-25)12-11-20(3)22(5)38-30/h7-10,15,19,21,24-27,29,35-36H,6,11-14,16-18H2,1-5H3;6-9,14,18,20,22,24-26,28,34-35H,10-13,15-17H2,1-5H3/b8-7?,20-10?,23-9?,33-28-;7-6?,19-9?,23-8?,32-27-/t19-,21-,24+,25-,26-,27+,29+,31+,32+;18-,20-,22+,24+,25-,26-,28+,30-,31+/m00/s1. The first kappa shape index (κ1) is 59.1. The van der Waals surface area contributed by atoms with Gasteiger partial charge in [0, 0.05) is 38.5 Å². The molecule has 18 atom stereocenters. The zero-order valence-corrected chi connectivity index (χ0v) is 48.2. The lowest BCUT2D eigenvalue weighted by molar-refractivity contribution is -0.335.